The Morgan fingerprint density at radius 2 is 1.71 bits per heavy atom. The van der Waals surface area contributed by atoms with Gasteiger partial charge in [0.15, 0.2) is 0 Å². The molecule has 4 aromatic rings. The fourth-order valence-electron chi connectivity index (χ4n) is 3.98. The van der Waals surface area contributed by atoms with E-state index < -0.39 is 10.0 Å². The van der Waals surface area contributed by atoms with E-state index in [1.165, 1.54) is 24.2 Å². The van der Waals surface area contributed by atoms with Gasteiger partial charge >= 0.3 is 0 Å². The third-order valence-electron chi connectivity index (χ3n) is 5.85. The standard InChI is InChI=1S/C24H25N7O3S/c1-18-27-24(28-34-18)20-4-2-19(3-5-20)16-30-12-14-31(15-13-30)21-6-8-22(9-7-21)35(32,33)29-23-10-11-25-17-26-23/h2-11,17H,12-16H2,1H3,(H,25,26,29). The molecule has 0 spiro atoms. The van der Waals surface area contributed by atoms with Crippen molar-refractivity contribution in [2.45, 2.75) is 18.4 Å². The molecule has 1 fully saturated rings. The lowest BCUT2D eigenvalue weighted by molar-refractivity contribution is 0.250. The van der Waals surface area contributed by atoms with E-state index in [1.807, 2.05) is 24.3 Å². The van der Waals surface area contributed by atoms with E-state index in [1.54, 1.807) is 19.1 Å². The van der Waals surface area contributed by atoms with Gasteiger partial charge in [0, 0.05) is 57.1 Å². The van der Waals surface area contributed by atoms with Gasteiger partial charge in [0.2, 0.25) is 11.7 Å². The smallest absolute Gasteiger partial charge is 0.263 e. The molecule has 11 heteroatoms. The van der Waals surface area contributed by atoms with Crippen molar-refractivity contribution in [2.75, 3.05) is 35.8 Å². The van der Waals surface area contributed by atoms with Crippen LogP contribution in [0.2, 0.25) is 0 Å². The number of sulfonamides is 1. The minimum Gasteiger partial charge on any atom is -0.369 e. The number of anilines is 2. The van der Waals surface area contributed by atoms with Gasteiger partial charge in [0.1, 0.15) is 12.1 Å². The van der Waals surface area contributed by atoms with Gasteiger partial charge in [-0.25, -0.2) is 18.4 Å². The van der Waals surface area contributed by atoms with Crippen molar-refractivity contribution in [1.82, 2.24) is 25.0 Å². The molecular formula is C24H25N7O3S. The van der Waals surface area contributed by atoms with Gasteiger partial charge in [-0.05, 0) is 35.9 Å². The Balaban J connectivity index is 1.15. The van der Waals surface area contributed by atoms with Crippen LogP contribution in [0.5, 0.6) is 0 Å². The number of hydrogen-bond donors (Lipinski definition) is 1. The quantitative estimate of drug-likeness (QED) is 0.416. The molecule has 0 saturated carbocycles. The summed E-state index contributed by atoms with van der Waals surface area (Å²) >= 11 is 0. The maximum atomic E-state index is 12.6. The van der Waals surface area contributed by atoms with Crippen LogP contribution in [0.1, 0.15) is 11.5 Å². The maximum absolute atomic E-state index is 12.6. The summed E-state index contributed by atoms with van der Waals surface area (Å²) in [6, 6.07) is 16.7. The fourth-order valence-corrected chi connectivity index (χ4v) is 4.99. The second kappa shape index (κ2) is 9.80. The summed E-state index contributed by atoms with van der Waals surface area (Å²) in [6.45, 7) is 6.21. The molecule has 1 aliphatic heterocycles. The number of aromatic nitrogens is 4. The zero-order chi connectivity index (χ0) is 24.3. The van der Waals surface area contributed by atoms with Gasteiger partial charge in [-0.3, -0.25) is 9.62 Å². The van der Waals surface area contributed by atoms with Crippen LogP contribution in [-0.4, -0.2) is 59.6 Å². The van der Waals surface area contributed by atoms with Crippen LogP contribution < -0.4 is 9.62 Å². The van der Waals surface area contributed by atoms with Crippen molar-refractivity contribution in [2.24, 2.45) is 0 Å². The molecule has 5 rings (SSSR count). The predicted octanol–water partition coefficient (Wildman–Crippen LogP) is 2.96. The number of hydrogen-bond acceptors (Lipinski definition) is 9. The van der Waals surface area contributed by atoms with Crippen molar-refractivity contribution in [3.63, 3.8) is 0 Å². The molecule has 0 aliphatic carbocycles. The van der Waals surface area contributed by atoms with E-state index in [4.69, 9.17) is 4.52 Å². The molecule has 0 atom stereocenters. The normalized spacial score (nSPS) is 14.7. The van der Waals surface area contributed by atoms with Crippen molar-refractivity contribution >= 4 is 21.5 Å². The van der Waals surface area contributed by atoms with Crippen LogP contribution in [0.25, 0.3) is 11.4 Å². The third kappa shape index (κ3) is 5.47. The molecule has 35 heavy (non-hydrogen) atoms. The predicted molar refractivity (Wildman–Crippen MR) is 131 cm³/mol. The summed E-state index contributed by atoms with van der Waals surface area (Å²) in [4.78, 5) is 16.8. The first-order chi connectivity index (χ1) is 17.0. The van der Waals surface area contributed by atoms with E-state index in [0.717, 1.165) is 44.0 Å². The highest BCUT2D eigenvalue weighted by Crippen LogP contribution is 2.22. The topological polar surface area (TPSA) is 117 Å². The highest BCUT2D eigenvalue weighted by Gasteiger charge is 2.19. The molecule has 1 saturated heterocycles. The van der Waals surface area contributed by atoms with Gasteiger partial charge in [0.05, 0.1) is 4.90 Å². The fraction of sp³-hybridized carbons (Fsp3) is 0.250. The summed E-state index contributed by atoms with van der Waals surface area (Å²) in [7, 11) is -3.70. The lowest BCUT2D eigenvalue weighted by Gasteiger charge is -2.36. The van der Waals surface area contributed by atoms with E-state index in [2.05, 4.69) is 46.8 Å². The molecule has 0 unspecified atom stereocenters. The number of piperazine rings is 1. The van der Waals surface area contributed by atoms with Crippen molar-refractivity contribution in [1.29, 1.82) is 0 Å². The minimum atomic E-state index is -3.70. The Kier molecular flexibility index (Phi) is 6.43. The maximum Gasteiger partial charge on any atom is 0.263 e. The molecule has 1 aliphatic rings. The van der Waals surface area contributed by atoms with E-state index in [9.17, 15) is 8.42 Å². The van der Waals surface area contributed by atoms with Crippen molar-refractivity contribution in [3.05, 3.63) is 78.6 Å². The molecule has 0 radical (unpaired) electrons. The molecule has 2 aromatic carbocycles. The summed E-state index contributed by atoms with van der Waals surface area (Å²) < 4.78 is 32.7. The molecule has 10 nitrogen and oxygen atoms in total. The average molecular weight is 492 g/mol. The SMILES string of the molecule is Cc1nc(-c2ccc(CN3CCN(c4ccc(S(=O)(=O)Nc5ccncn5)cc4)CC3)cc2)no1. The molecule has 1 N–H and O–H groups in total. The van der Waals surface area contributed by atoms with Crippen LogP contribution in [0, 0.1) is 6.92 Å². The minimum absolute atomic E-state index is 0.193. The monoisotopic (exact) mass is 491 g/mol. The molecule has 180 valence electrons. The Bertz CT molecular complexity index is 1370. The number of nitrogens with one attached hydrogen (secondary N) is 1. The highest BCUT2D eigenvalue weighted by molar-refractivity contribution is 7.92. The number of benzene rings is 2. The zero-order valence-electron chi connectivity index (χ0n) is 19.2. The van der Waals surface area contributed by atoms with Gasteiger partial charge in [-0.15, -0.1) is 0 Å². The summed E-state index contributed by atoms with van der Waals surface area (Å²) in [5, 5.41) is 3.96. The summed E-state index contributed by atoms with van der Waals surface area (Å²) in [5.74, 6) is 1.39. The largest absolute Gasteiger partial charge is 0.369 e. The number of nitrogens with zero attached hydrogens (tertiary/aromatic N) is 6. The average Bonchev–Trinajstić information content (AvgIpc) is 3.32. The van der Waals surface area contributed by atoms with Gasteiger partial charge in [-0.1, -0.05) is 29.4 Å². The van der Waals surface area contributed by atoms with Crippen LogP contribution in [0.15, 0.2) is 76.5 Å². The van der Waals surface area contributed by atoms with E-state index in [0.29, 0.717) is 11.7 Å². The Labute approximate surface area is 203 Å². The zero-order valence-corrected chi connectivity index (χ0v) is 20.0. The molecule has 3 heterocycles. The summed E-state index contributed by atoms with van der Waals surface area (Å²) in [6.07, 6.45) is 2.78. The van der Waals surface area contributed by atoms with Crippen LogP contribution in [-0.2, 0) is 16.6 Å². The van der Waals surface area contributed by atoms with Gasteiger partial charge in [0.25, 0.3) is 10.0 Å². The Morgan fingerprint density at radius 3 is 2.34 bits per heavy atom. The van der Waals surface area contributed by atoms with Crippen molar-refractivity contribution < 1.29 is 12.9 Å². The van der Waals surface area contributed by atoms with Crippen LogP contribution in [0.3, 0.4) is 0 Å². The van der Waals surface area contributed by atoms with Crippen LogP contribution >= 0.6 is 0 Å². The first-order valence-corrected chi connectivity index (χ1v) is 12.7. The number of aryl methyl sites for hydroxylation is 1. The lowest BCUT2D eigenvalue weighted by Crippen LogP contribution is -2.45. The molecular weight excluding hydrogens is 466 g/mol. The van der Waals surface area contributed by atoms with Gasteiger partial charge < -0.3 is 9.42 Å². The second-order valence-electron chi connectivity index (χ2n) is 8.29. The Hall–Kier alpha value is -3.83. The highest BCUT2D eigenvalue weighted by atomic mass is 32.2. The van der Waals surface area contributed by atoms with Gasteiger partial charge in [-0.2, -0.15) is 4.98 Å². The Morgan fingerprint density at radius 1 is 0.971 bits per heavy atom. The van der Waals surface area contributed by atoms with E-state index >= 15 is 0 Å². The lowest BCUT2D eigenvalue weighted by atomic mass is 10.1. The molecule has 2 aromatic heterocycles. The first kappa shape index (κ1) is 22.9. The summed E-state index contributed by atoms with van der Waals surface area (Å²) in [5.41, 5.74) is 3.17. The van der Waals surface area contributed by atoms with E-state index in [-0.39, 0.29) is 10.7 Å². The second-order valence-corrected chi connectivity index (χ2v) is 9.97. The molecule has 0 amide bonds. The number of rotatable bonds is 7. The van der Waals surface area contributed by atoms with Crippen molar-refractivity contribution in [3.8, 4) is 11.4 Å². The van der Waals surface area contributed by atoms with Crippen LogP contribution in [0.4, 0.5) is 11.5 Å². The first-order valence-electron chi connectivity index (χ1n) is 11.2. The molecule has 0 bridgehead atoms. The third-order valence-corrected chi connectivity index (χ3v) is 7.22.